The first-order chi connectivity index (χ1) is 30.0. The molecule has 5 aromatic rings. The Morgan fingerprint density at radius 2 is 1.53 bits per heavy atom. The van der Waals surface area contributed by atoms with Crippen molar-refractivity contribution in [2.45, 2.75) is 69.6 Å². The number of nitrogens with zero attached hydrogens (tertiary/aromatic N) is 4. The van der Waals surface area contributed by atoms with Crippen LogP contribution >= 0.6 is 0 Å². The Balaban J connectivity index is 1.17. The zero-order chi connectivity index (χ0) is 43.6. The minimum atomic E-state index is -2.58. The van der Waals surface area contributed by atoms with Gasteiger partial charge in [0.25, 0.3) is 5.91 Å². The summed E-state index contributed by atoms with van der Waals surface area (Å²) in [6, 6.07) is 41.0. The normalized spacial score (nSPS) is 20.9. The van der Waals surface area contributed by atoms with Crippen LogP contribution in [0.4, 0.5) is 11.4 Å². The van der Waals surface area contributed by atoms with Gasteiger partial charge >= 0.3 is 0 Å². The molecule has 0 saturated carbocycles. The lowest BCUT2D eigenvalue weighted by Crippen LogP contribution is -2.52. The van der Waals surface area contributed by atoms with Gasteiger partial charge in [0.05, 0.1) is 65.1 Å². The first-order valence-corrected chi connectivity index (χ1v) is 24.4. The summed E-state index contributed by atoms with van der Waals surface area (Å²) in [6.07, 6.45) is 0.284. The third-order valence-electron chi connectivity index (χ3n) is 13.0. The van der Waals surface area contributed by atoms with Gasteiger partial charge in [-0.1, -0.05) is 110 Å². The average molecular weight is 851 g/mol. The van der Waals surface area contributed by atoms with E-state index in [0.717, 1.165) is 33.3 Å². The fraction of sp³-hybridized carbons (Fsp3) is 0.320. The number of rotatable bonds is 14. The first-order valence-electron chi connectivity index (χ1n) is 21.3. The molecule has 62 heavy (non-hydrogen) atoms. The van der Waals surface area contributed by atoms with Crippen LogP contribution in [0.5, 0.6) is 11.5 Å². The highest BCUT2D eigenvalue weighted by Gasteiger charge is 2.66. The maximum atomic E-state index is 15.6. The van der Waals surface area contributed by atoms with Crippen molar-refractivity contribution < 1.29 is 33.7 Å². The number of benzene rings is 5. The van der Waals surface area contributed by atoms with E-state index in [4.69, 9.17) is 19.3 Å². The summed E-state index contributed by atoms with van der Waals surface area (Å²) in [4.78, 5) is 46.9. The van der Waals surface area contributed by atoms with Crippen molar-refractivity contribution in [1.82, 2.24) is 4.90 Å². The molecular weight excluding hydrogens is 797 g/mol. The van der Waals surface area contributed by atoms with Crippen LogP contribution in [0.1, 0.15) is 48.4 Å². The number of hydrazone groups is 1. The van der Waals surface area contributed by atoms with Crippen molar-refractivity contribution in [1.29, 1.82) is 0 Å². The highest BCUT2D eigenvalue weighted by Crippen LogP contribution is 2.60. The Hall–Kier alpha value is -6.08. The minimum absolute atomic E-state index is 0.0279. The summed E-state index contributed by atoms with van der Waals surface area (Å²) in [5.41, 5.74) is 3.97. The monoisotopic (exact) mass is 850 g/mol. The molecule has 0 unspecified atom stereocenters. The van der Waals surface area contributed by atoms with E-state index >= 15 is 4.79 Å². The predicted molar refractivity (Wildman–Crippen MR) is 243 cm³/mol. The highest BCUT2D eigenvalue weighted by molar-refractivity contribution is 6.91. The molecule has 0 aliphatic carbocycles. The third kappa shape index (κ3) is 7.94. The molecule has 0 bridgehead atoms. The van der Waals surface area contributed by atoms with Crippen molar-refractivity contribution in [2.75, 3.05) is 37.3 Å². The van der Waals surface area contributed by atoms with Gasteiger partial charge in [-0.25, -0.2) is 5.01 Å². The van der Waals surface area contributed by atoms with Crippen molar-refractivity contribution in [3.05, 3.63) is 150 Å². The standard InChI is InChI=1S/C50H54N4O7Si/c1-34-48(62(4,5)41-22-19-39(59-2)20-23-41)45(31-47(57)52(27-28-55)32-35-13-8-6-9-14-35)61-50(34)42-30-40(60-3)21-25-44(42)53(49(50)58)33-36-15-12-18-38(29-36)54-46(56)26-24-43(51-54)37-16-10-7-11-17-37/h6-23,25,29-30,34,45,48,55H,24,26-28,31-33H2,1-5H3/t34-,45+,48-,50+/m0/s1. The van der Waals surface area contributed by atoms with Crippen LogP contribution in [0.2, 0.25) is 18.6 Å². The van der Waals surface area contributed by atoms with Gasteiger partial charge in [-0.15, -0.1) is 0 Å². The molecule has 1 fully saturated rings. The first kappa shape index (κ1) is 42.6. The van der Waals surface area contributed by atoms with Crippen LogP contribution in [-0.4, -0.2) is 75.0 Å². The molecule has 0 radical (unpaired) electrons. The number of amides is 3. The Kier molecular flexibility index (Phi) is 12.2. The molecule has 3 heterocycles. The molecule has 12 heteroatoms. The molecule has 3 aliphatic rings. The van der Waals surface area contributed by atoms with E-state index in [0.29, 0.717) is 42.1 Å². The summed E-state index contributed by atoms with van der Waals surface area (Å²) in [6.45, 7) is 7.19. The number of hydrogen-bond acceptors (Lipinski definition) is 8. The van der Waals surface area contributed by atoms with Gasteiger partial charge in [-0.3, -0.25) is 14.4 Å². The summed E-state index contributed by atoms with van der Waals surface area (Å²) in [5, 5.41) is 17.5. The van der Waals surface area contributed by atoms with Crippen LogP contribution < -0.4 is 24.6 Å². The Labute approximate surface area is 364 Å². The van der Waals surface area contributed by atoms with E-state index in [1.165, 1.54) is 5.01 Å². The third-order valence-corrected chi connectivity index (χ3v) is 17.4. The summed E-state index contributed by atoms with van der Waals surface area (Å²) >= 11 is 0. The second kappa shape index (κ2) is 17.7. The number of fused-ring (bicyclic) bond motifs is 2. The molecule has 8 rings (SSSR count). The topological polar surface area (TPSA) is 121 Å². The second-order valence-corrected chi connectivity index (χ2v) is 21.6. The average Bonchev–Trinajstić information content (AvgIpc) is 3.72. The van der Waals surface area contributed by atoms with Crippen LogP contribution in [0.15, 0.2) is 132 Å². The number of carbonyl (C=O) groups is 3. The van der Waals surface area contributed by atoms with E-state index < -0.39 is 19.8 Å². The molecule has 0 aromatic heterocycles. The molecule has 1 N–H and O–H groups in total. The fourth-order valence-electron chi connectivity index (χ4n) is 9.86. The van der Waals surface area contributed by atoms with Crippen molar-refractivity contribution >= 4 is 48.1 Å². The molecule has 320 valence electrons. The van der Waals surface area contributed by atoms with Crippen LogP contribution in [0.25, 0.3) is 0 Å². The van der Waals surface area contributed by atoms with Crippen molar-refractivity contribution in [3.8, 4) is 11.5 Å². The summed E-state index contributed by atoms with van der Waals surface area (Å²) < 4.78 is 18.6. The van der Waals surface area contributed by atoms with Gasteiger partial charge in [0.15, 0.2) is 5.60 Å². The number of hydrogen-bond donors (Lipinski definition) is 1. The second-order valence-electron chi connectivity index (χ2n) is 16.9. The quantitative estimate of drug-likeness (QED) is 0.116. The molecule has 4 atom stereocenters. The SMILES string of the molecule is COc1ccc([Si](C)(C)[C@@H]2[C@@H](CC(=O)N(CCO)Cc3ccccc3)O[C@]3(C(=O)N(Cc4cccc(N5N=C(c6ccccc6)CCC5=O)c4)c4ccc(OC)cc43)[C@H]2C)cc1. The minimum Gasteiger partial charge on any atom is -0.497 e. The Morgan fingerprint density at radius 3 is 2.23 bits per heavy atom. The van der Waals surface area contributed by atoms with E-state index in [1.807, 2.05) is 115 Å². The molecule has 3 amide bonds. The zero-order valence-corrected chi connectivity index (χ0v) is 37.0. The van der Waals surface area contributed by atoms with Gasteiger partial charge in [-0.05, 0) is 64.7 Å². The lowest BCUT2D eigenvalue weighted by molar-refractivity contribution is -0.150. The number of anilines is 2. The summed E-state index contributed by atoms with van der Waals surface area (Å²) in [5.74, 6) is 0.505. The smallest absolute Gasteiger partial charge is 0.264 e. The predicted octanol–water partition coefficient (Wildman–Crippen LogP) is 7.41. The van der Waals surface area contributed by atoms with Crippen molar-refractivity contribution in [3.63, 3.8) is 0 Å². The van der Waals surface area contributed by atoms with Gasteiger partial charge in [0.2, 0.25) is 11.8 Å². The fourth-order valence-corrected chi connectivity index (χ4v) is 13.9. The molecule has 11 nitrogen and oxygen atoms in total. The van der Waals surface area contributed by atoms with E-state index in [1.54, 1.807) is 24.0 Å². The molecule has 3 aliphatic heterocycles. The highest BCUT2D eigenvalue weighted by atomic mass is 28.3. The molecule has 1 saturated heterocycles. The molecule has 5 aromatic carbocycles. The Morgan fingerprint density at radius 1 is 0.855 bits per heavy atom. The number of aliphatic hydroxyl groups excluding tert-OH is 1. The van der Waals surface area contributed by atoms with Crippen LogP contribution in [-0.2, 0) is 37.8 Å². The number of aliphatic hydroxyl groups is 1. The van der Waals surface area contributed by atoms with Crippen LogP contribution in [0, 0.1) is 5.92 Å². The number of methoxy groups -OCH3 is 2. The van der Waals surface area contributed by atoms with Crippen molar-refractivity contribution in [2.24, 2.45) is 11.0 Å². The lowest BCUT2D eigenvalue weighted by atomic mass is 9.82. The lowest BCUT2D eigenvalue weighted by Gasteiger charge is -2.37. The largest absolute Gasteiger partial charge is 0.497 e. The zero-order valence-electron chi connectivity index (χ0n) is 36.0. The van der Waals surface area contributed by atoms with Gasteiger partial charge < -0.3 is 29.1 Å². The van der Waals surface area contributed by atoms with Gasteiger partial charge in [-0.2, -0.15) is 5.10 Å². The van der Waals surface area contributed by atoms with Gasteiger partial charge in [0, 0.05) is 37.4 Å². The Bertz CT molecular complexity index is 2460. The van der Waals surface area contributed by atoms with E-state index in [9.17, 15) is 14.7 Å². The van der Waals surface area contributed by atoms with E-state index in [2.05, 4.69) is 32.2 Å². The van der Waals surface area contributed by atoms with Gasteiger partial charge in [0.1, 0.15) is 11.5 Å². The maximum Gasteiger partial charge on any atom is 0.264 e. The molecule has 1 spiro atoms. The molecular formula is C50H54N4O7Si. The van der Waals surface area contributed by atoms with Crippen LogP contribution in [0.3, 0.4) is 0 Å². The number of ether oxygens (including phenoxy) is 3. The maximum absolute atomic E-state index is 15.6. The summed E-state index contributed by atoms with van der Waals surface area (Å²) in [7, 11) is 0.668. The number of carbonyl (C=O) groups excluding carboxylic acids is 3. The van der Waals surface area contributed by atoms with E-state index in [-0.39, 0.29) is 55.3 Å².